The van der Waals surface area contributed by atoms with Crippen LogP contribution in [0.25, 0.3) is 11.0 Å². The number of aromatic amines is 1. The molecule has 0 unspecified atom stereocenters. The first-order valence-electron chi connectivity index (χ1n) is 3.72. The number of rotatable bonds is 1. The third-order valence-electron chi connectivity index (χ3n) is 1.76. The first-order valence-corrected chi connectivity index (χ1v) is 4.13. The molecule has 0 saturated carbocycles. The highest BCUT2D eigenvalue weighted by Gasteiger charge is 2.01. The van der Waals surface area contributed by atoms with Gasteiger partial charge in [0.2, 0.25) is 0 Å². The van der Waals surface area contributed by atoms with Crippen LogP contribution in [-0.4, -0.2) is 20.0 Å². The molecule has 0 saturated heterocycles. The number of nitrogens with one attached hydrogen (secondary N) is 1. The Morgan fingerprint density at radius 3 is 3.17 bits per heavy atom. The van der Waals surface area contributed by atoms with Gasteiger partial charge in [-0.1, -0.05) is 12.2 Å². The maximum Gasteiger partial charge on any atom is 0.153 e. The second-order valence-corrected chi connectivity index (χ2v) is 2.90. The molecule has 12 heavy (non-hydrogen) atoms. The van der Waals surface area contributed by atoms with E-state index in [-0.39, 0.29) is 0 Å². The quantitative estimate of drug-likeness (QED) is 0.676. The van der Waals surface area contributed by atoms with E-state index in [9.17, 15) is 0 Å². The van der Waals surface area contributed by atoms with Gasteiger partial charge in [0, 0.05) is 6.54 Å². The Labute approximate surface area is 74.2 Å². The fourth-order valence-electron chi connectivity index (χ4n) is 1.14. The molecule has 0 atom stereocenters. The van der Waals surface area contributed by atoms with Gasteiger partial charge >= 0.3 is 0 Å². The van der Waals surface area contributed by atoms with Crippen molar-refractivity contribution in [3.63, 3.8) is 0 Å². The Morgan fingerprint density at radius 2 is 2.42 bits per heavy atom. The molecule has 4 nitrogen and oxygen atoms in total. The lowest BCUT2D eigenvalue weighted by Crippen LogP contribution is -1.97. The number of aromatic nitrogens is 4. The van der Waals surface area contributed by atoms with Crippen LogP contribution < -0.4 is 0 Å². The van der Waals surface area contributed by atoms with Gasteiger partial charge in [-0.2, -0.15) is 10.2 Å². The highest BCUT2D eigenvalue weighted by atomic mass is 32.1. The lowest BCUT2D eigenvalue weighted by molar-refractivity contribution is 0.672. The summed E-state index contributed by atoms with van der Waals surface area (Å²) in [5.41, 5.74) is 0.894. The van der Waals surface area contributed by atoms with Gasteiger partial charge in [0.05, 0.1) is 22.3 Å². The minimum atomic E-state index is 0.739. The molecular weight excluding hydrogens is 172 g/mol. The Balaban J connectivity index is 2.89. The maximum atomic E-state index is 5.08. The number of fused-ring (bicyclic) bond motifs is 1. The predicted octanol–water partition coefficient (Wildman–Crippen LogP) is 1.51. The maximum absolute atomic E-state index is 5.08. The van der Waals surface area contributed by atoms with Crippen LogP contribution in [0.5, 0.6) is 0 Å². The number of aryl methyl sites for hydroxylation is 1. The molecular formula is C7H8N4S. The van der Waals surface area contributed by atoms with Crippen LogP contribution in [0.3, 0.4) is 0 Å². The number of hydrogen-bond donors (Lipinski definition) is 1. The lowest BCUT2D eigenvalue weighted by atomic mass is 10.4. The molecule has 0 aliphatic carbocycles. The Morgan fingerprint density at radius 1 is 1.58 bits per heavy atom. The molecule has 0 fully saturated rings. The predicted molar refractivity (Wildman–Crippen MR) is 48.4 cm³/mol. The molecule has 62 valence electrons. The fourth-order valence-corrected chi connectivity index (χ4v) is 1.35. The second kappa shape index (κ2) is 2.67. The fraction of sp³-hybridized carbons (Fsp3) is 0.286. The zero-order valence-electron chi connectivity index (χ0n) is 6.61. The average molecular weight is 180 g/mol. The highest BCUT2D eigenvalue weighted by Crippen LogP contribution is 2.09. The van der Waals surface area contributed by atoms with Crippen molar-refractivity contribution in [3.8, 4) is 0 Å². The second-order valence-electron chi connectivity index (χ2n) is 2.46. The van der Waals surface area contributed by atoms with Crippen molar-refractivity contribution in [3.05, 3.63) is 16.9 Å². The van der Waals surface area contributed by atoms with Crippen LogP contribution in [0.1, 0.15) is 6.92 Å². The first-order chi connectivity index (χ1) is 5.83. The number of H-pyrrole nitrogens is 1. The van der Waals surface area contributed by atoms with Crippen molar-refractivity contribution in [2.24, 2.45) is 0 Å². The minimum Gasteiger partial charge on any atom is -0.261 e. The van der Waals surface area contributed by atoms with Crippen LogP contribution in [0.4, 0.5) is 0 Å². The third kappa shape index (κ3) is 0.937. The van der Waals surface area contributed by atoms with Gasteiger partial charge in [0.25, 0.3) is 0 Å². The molecule has 1 N–H and O–H groups in total. The summed E-state index contributed by atoms with van der Waals surface area (Å²) in [5.74, 6) is 0. The molecule has 0 spiro atoms. The summed E-state index contributed by atoms with van der Waals surface area (Å²) in [4.78, 5) is 0. The Hall–Kier alpha value is -1.23. The van der Waals surface area contributed by atoms with Crippen molar-refractivity contribution < 1.29 is 0 Å². The molecule has 2 aromatic rings. The summed E-state index contributed by atoms with van der Waals surface area (Å²) in [6.07, 6.45) is 3.39. The van der Waals surface area contributed by atoms with Crippen molar-refractivity contribution in [2.45, 2.75) is 13.5 Å². The number of nitrogens with zero attached hydrogens (tertiary/aromatic N) is 3. The van der Waals surface area contributed by atoms with Gasteiger partial charge in [0.15, 0.2) is 5.65 Å². The largest absolute Gasteiger partial charge is 0.261 e. The van der Waals surface area contributed by atoms with E-state index in [0.717, 1.165) is 22.1 Å². The molecule has 2 heterocycles. The summed E-state index contributed by atoms with van der Waals surface area (Å²) in [6.45, 7) is 2.84. The molecule has 0 amide bonds. The molecule has 0 radical (unpaired) electrons. The third-order valence-corrected chi connectivity index (χ3v) is 2.08. The SMILES string of the molecule is CCn1ncc2c(=S)cn[nH]c21. The monoisotopic (exact) mass is 180 g/mol. The van der Waals surface area contributed by atoms with Crippen LogP contribution in [0, 0.1) is 4.51 Å². The Bertz CT molecular complexity index is 456. The van der Waals surface area contributed by atoms with Crippen molar-refractivity contribution >= 4 is 23.3 Å². The summed E-state index contributed by atoms with van der Waals surface area (Å²) in [6, 6.07) is 0. The minimum absolute atomic E-state index is 0.739. The van der Waals surface area contributed by atoms with E-state index in [0.29, 0.717) is 0 Å². The van der Waals surface area contributed by atoms with Gasteiger partial charge in [-0.3, -0.25) is 5.10 Å². The molecule has 0 bridgehead atoms. The summed E-state index contributed by atoms with van der Waals surface area (Å²) >= 11 is 5.08. The van der Waals surface area contributed by atoms with Gasteiger partial charge in [0.1, 0.15) is 0 Å². The van der Waals surface area contributed by atoms with Crippen LogP contribution in [0.15, 0.2) is 12.4 Å². The van der Waals surface area contributed by atoms with Crippen LogP contribution in [0.2, 0.25) is 0 Å². The van der Waals surface area contributed by atoms with Gasteiger partial charge in [-0.05, 0) is 6.92 Å². The summed E-state index contributed by atoms with van der Waals surface area (Å²) < 4.78 is 2.57. The van der Waals surface area contributed by atoms with Crippen LogP contribution >= 0.6 is 12.2 Å². The zero-order valence-corrected chi connectivity index (χ0v) is 7.43. The van der Waals surface area contributed by atoms with Crippen molar-refractivity contribution in [2.75, 3.05) is 0 Å². The summed E-state index contributed by atoms with van der Waals surface area (Å²) in [7, 11) is 0. The molecule has 0 aliphatic rings. The molecule has 0 aliphatic heterocycles. The normalized spacial score (nSPS) is 10.8. The zero-order chi connectivity index (χ0) is 8.55. The standard InChI is InChI=1S/C7H8N4S/c1-2-11-7-5(3-9-11)6(12)4-8-10-7/h3-4H,2H2,1H3,(H,10,12). The van der Waals surface area contributed by atoms with E-state index in [2.05, 4.69) is 15.3 Å². The highest BCUT2D eigenvalue weighted by molar-refractivity contribution is 7.71. The van der Waals surface area contributed by atoms with E-state index in [1.165, 1.54) is 0 Å². The topological polar surface area (TPSA) is 46.5 Å². The molecule has 5 heteroatoms. The van der Waals surface area contributed by atoms with Crippen molar-refractivity contribution in [1.29, 1.82) is 0 Å². The van der Waals surface area contributed by atoms with Gasteiger partial charge in [-0.25, -0.2) is 4.68 Å². The molecule has 2 aromatic heterocycles. The van der Waals surface area contributed by atoms with E-state index < -0.39 is 0 Å². The molecule has 0 aromatic carbocycles. The van der Waals surface area contributed by atoms with E-state index in [4.69, 9.17) is 12.2 Å². The number of hydrogen-bond acceptors (Lipinski definition) is 3. The summed E-state index contributed by atoms with van der Waals surface area (Å²) in [5, 5.41) is 11.9. The Kier molecular flexibility index (Phi) is 1.65. The smallest absolute Gasteiger partial charge is 0.153 e. The van der Waals surface area contributed by atoms with Crippen LogP contribution in [-0.2, 0) is 6.54 Å². The van der Waals surface area contributed by atoms with E-state index in [1.807, 2.05) is 11.6 Å². The van der Waals surface area contributed by atoms with Crippen molar-refractivity contribution in [1.82, 2.24) is 20.0 Å². The van der Waals surface area contributed by atoms with Gasteiger partial charge in [-0.15, -0.1) is 0 Å². The first kappa shape index (κ1) is 7.42. The van der Waals surface area contributed by atoms with E-state index in [1.54, 1.807) is 12.4 Å². The average Bonchev–Trinajstić information content (AvgIpc) is 2.49. The van der Waals surface area contributed by atoms with Gasteiger partial charge < -0.3 is 0 Å². The van der Waals surface area contributed by atoms with E-state index >= 15 is 0 Å². The molecule has 2 rings (SSSR count). The lowest BCUT2D eigenvalue weighted by Gasteiger charge is -1.95.